The van der Waals surface area contributed by atoms with Gasteiger partial charge < -0.3 is 14.5 Å². The molecular formula is C21H23ClN4O2. The maximum absolute atomic E-state index is 12.8. The van der Waals surface area contributed by atoms with Gasteiger partial charge >= 0.3 is 0 Å². The molecule has 146 valence electrons. The molecule has 6 nitrogen and oxygen atoms in total. The van der Waals surface area contributed by atoms with Crippen LogP contribution in [0.1, 0.15) is 6.42 Å². The fraction of sp³-hybridized carbons (Fsp3) is 0.333. The number of hydrogen-bond donors (Lipinski definition) is 0. The fourth-order valence-corrected chi connectivity index (χ4v) is 3.69. The second-order valence-corrected chi connectivity index (χ2v) is 7.15. The Hall–Kier alpha value is -2.57. The van der Waals surface area contributed by atoms with Crippen molar-refractivity contribution in [1.29, 1.82) is 0 Å². The molecule has 3 heterocycles. The van der Waals surface area contributed by atoms with Crippen LogP contribution in [-0.2, 0) is 9.53 Å². The smallest absolute Gasteiger partial charge is 0.268 e. The predicted molar refractivity (Wildman–Crippen MR) is 112 cm³/mol. The number of amides is 1. The first-order chi connectivity index (χ1) is 13.7. The molecule has 0 atom stereocenters. The van der Waals surface area contributed by atoms with Crippen molar-refractivity contribution in [3.8, 4) is 0 Å². The number of carbonyl (C=O) groups is 1. The van der Waals surface area contributed by atoms with Gasteiger partial charge in [-0.05, 0) is 42.8 Å². The van der Waals surface area contributed by atoms with Gasteiger partial charge in [-0.2, -0.15) is 0 Å². The molecule has 4 rings (SSSR count). The van der Waals surface area contributed by atoms with E-state index in [1.54, 1.807) is 6.20 Å². The third-order valence-electron chi connectivity index (χ3n) is 5.09. The summed E-state index contributed by atoms with van der Waals surface area (Å²) in [5, 5.41) is 0. The number of ether oxygens (including phenoxy) is 1. The van der Waals surface area contributed by atoms with Crippen LogP contribution in [0.5, 0.6) is 0 Å². The van der Waals surface area contributed by atoms with Crippen molar-refractivity contribution in [3.05, 3.63) is 60.3 Å². The highest BCUT2D eigenvalue weighted by atomic mass is 35.5. The van der Waals surface area contributed by atoms with Crippen molar-refractivity contribution in [3.63, 3.8) is 0 Å². The van der Waals surface area contributed by atoms with Gasteiger partial charge in [-0.15, -0.1) is 0 Å². The van der Waals surface area contributed by atoms with Crippen LogP contribution in [0.2, 0.25) is 0 Å². The van der Waals surface area contributed by atoms with Crippen molar-refractivity contribution in [2.24, 2.45) is 0 Å². The molecule has 0 N–H and O–H groups in total. The van der Waals surface area contributed by atoms with E-state index < -0.39 is 0 Å². The standard InChI is InChI=1S/C21H23ClN4O2/c22-26(19-6-4-18(5-7-19)24-13-15-28-16-14-24)21(27)17-8-11-25(12-9-17)20-3-1-2-10-23-20/h1-8,10H,9,11-16H2. The van der Waals surface area contributed by atoms with Gasteiger partial charge in [0.05, 0.1) is 18.9 Å². The molecular weight excluding hydrogens is 376 g/mol. The van der Waals surface area contributed by atoms with Gasteiger partial charge in [0.2, 0.25) is 0 Å². The van der Waals surface area contributed by atoms with E-state index in [-0.39, 0.29) is 5.91 Å². The number of hydrogen-bond acceptors (Lipinski definition) is 5. The lowest BCUT2D eigenvalue weighted by atomic mass is 10.1. The highest BCUT2D eigenvalue weighted by Gasteiger charge is 2.23. The van der Waals surface area contributed by atoms with Crippen LogP contribution in [0.4, 0.5) is 17.2 Å². The predicted octanol–water partition coefficient (Wildman–Crippen LogP) is 3.24. The number of morpholine rings is 1. The molecule has 7 heteroatoms. The second kappa shape index (κ2) is 8.63. The minimum atomic E-state index is -0.165. The summed E-state index contributed by atoms with van der Waals surface area (Å²) >= 11 is 6.36. The van der Waals surface area contributed by atoms with Crippen LogP contribution in [0.3, 0.4) is 0 Å². The first kappa shape index (κ1) is 18.8. The van der Waals surface area contributed by atoms with Crippen molar-refractivity contribution >= 4 is 34.9 Å². The van der Waals surface area contributed by atoms with Crippen LogP contribution in [-0.4, -0.2) is 50.3 Å². The van der Waals surface area contributed by atoms with Gasteiger partial charge in [0.1, 0.15) is 5.82 Å². The van der Waals surface area contributed by atoms with Crippen molar-refractivity contribution in [1.82, 2.24) is 4.98 Å². The number of carbonyl (C=O) groups excluding carboxylic acids is 1. The minimum absolute atomic E-state index is 0.165. The van der Waals surface area contributed by atoms with E-state index in [4.69, 9.17) is 16.5 Å². The third-order valence-corrected chi connectivity index (χ3v) is 5.44. The lowest BCUT2D eigenvalue weighted by Crippen LogP contribution is -2.36. The van der Waals surface area contributed by atoms with E-state index in [0.29, 0.717) is 18.7 Å². The van der Waals surface area contributed by atoms with Crippen molar-refractivity contribution in [2.75, 3.05) is 53.6 Å². The Bertz CT molecular complexity index is 835. The summed E-state index contributed by atoms with van der Waals surface area (Å²) in [4.78, 5) is 21.6. The quantitative estimate of drug-likeness (QED) is 0.740. The number of halogens is 1. The lowest BCUT2D eigenvalue weighted by molar-refractivity contribution is -0.114. The van der Waals surface area contributed by atoms with Gasteiger partial charge in [-0.1, -0.05) is 12.1 Å². The van der Waals surface area contributed by atoms with Gasteiger partial charge in [0.15, 0.2) is 0 Å². The van der Waals surface area contributed by atoms with E-state index in [1.807, 2.05) is 48.5 Å². The van der Waals surface area contributed by atoms with Crippen LogP contribution in [0, 0.1) is 0 Å². The molecule has 2 aliphatic heterocycles. The number of pyridine rings is 1. The maximum Gasteiger partial charge on any atom is 0.268 e. The summed E-state index contributed by atoms with van der Waals surface area (Å²) in [5.41, 5.74) is 2.53. The highest BCUT2D eigenvalue weighted by Crippen LogP contribution is 2.26. The number of aromatic nitrogens is 1. The molecule has 1 amide bonds. The van der Waals surface area contributed by atoms with Crippen LogP contribution >= 0.6 is 11.8 Å². The largest absolute Gasteiger partial charge is 0.378 e. The third kappa shape index (κ3) is 4.13. The summed E-state index contributed by atoms with van der Waals surface area (Å²) < 4.78 is 6.60. The second-order valence-electron chi connectivity index (χ2n) is 6.82. The summed E-state index contributed by atoms with van der Waals surface area (Å²) in [7, 11) is 0. The highest BCUT2D eigenvalue weighted by molar-refractivity contribution is 6.39. The van der Waals surface area contributed by atoms with Gasteiger partial charge in [0.25, 0.3) is 5.91 Å². The molecule has 1 saturated heterocycles. The summed E-state index contributed by atoms with van der Waals surface area (Å²) in [6, 6.07) is 13.6. The molecule has 28 heavy (non-hydrogen) atoms. The topological polar surface area (TPSA) is 48.9 Å². The molecule has 2 aromatic rings. The van der Waals surface area contributed by atoms with E-state index in [9.17, 15) is 4.79 Å². The average Bonchev–Trinajstić information content (AvgIpc) is 2.79. The molecule has 0 aliphatic carbocycles. The number of nitrogens with zero attached hydrogens (tertiary/aromatic N) is 4. The first-order valence-electron chi connectivity index (χ1n) is 9.50. The number of rotatable bonds is 4. The number of benzene rings is 1. The summed E-state index contributed by atoms with van der Waals surface area (Å²) in [5.74, 6) is 0.758. The average molecular weight is 399 g/mol. The molecule has 1 fully saturated rings. The van der Waals surface area contributed by atoms with Gasteiger partial charge in [0, 0.05) is 55.4 Å². The van der Waals surface area contributed by atoms with Crippen molar-refractivity contribution in [2.45, 2.75) is 6.42 Å². The Morgan fingerprint density at radius 3 is 2.46 bits per heavy atom. The normalized spacial score (nSPS) is 17.2. The fourth-order valence-electron chi connectivity index (χ4n) is 3.47. The van der Waals surface area contributed by atoms with Crippen LogP contribution < -0.4 is 14.2 Å². The zero-order valence-electron chi connectivity index (χ0n) is 15.6. The Balaban J connectivity index is 1.40. The Kier molecular flexibility index (Phi) is 5.78. The molecule has 1 aromatic carbocycles. The van der Waals surface area contributed by atoms with E-state index in [2.05, 4.69) is 14.8 Å². The van der Waals surface area contributed by atoms with E-state index in [0.717, 1.165) is 49.9 Å². The molecule has 0 bridgehead atoms. The van der Waals surface area contributed by atoms with E-state index >= 15 is 0 Å². The molecule has 0 spiro atoms. The monoisotopic (exact) mass is 398 g/mol. The minimum Gasteiger partial charge on any atom is -0.378 e. The van der Waals surface area contributed by atoms with E-state index in [1.165, 1.54) is 4.42 Å². The zero-order chi connectivity index (χ0) is 19.3. The zero-order valence-corrected chi connectivity index (χ0v) is 16.4. The maximum atomic E-state index is 12.8. The van der Waals surface area contributed by atoms with Gasteiger partial charge in [-0.3, -0.25) is 4.79 Å². The Labute approximate surface area is 170 Å². The molecule has 0 unspecified atom stereocenters. The van der Waals surface area contributed by atoms with Crippen molar-refractivity contribution < 1.29 is 9.53 Å². The summed E-state index contributed by atoms with van der Waals surface area (Å²) in [6.45, 7) is 4.64. The number of anilines is 3. The van der Waals surface area contributed by atoms with Gasteiger partial charge in [-0.25, -0.2) is 9.40 Å². The molecule has 0 radical (unpaired) electrons. The SMILES string of the molecule is O=C(C1=CCN(c2ccccn2)CC1)N(Cl)c1ccc(N2CCOCC2)cc1. The van der Waals surface area contributed by atoms with Crippen LogP contribution in [0.25, 0.3) is 0 Å². The lowest BCUT2D eigenvalue weighted by Gasteiger charge is -2.29. The first-order valence-corrected chi connectivity index (χ1v) is 9.84. The molecule has 1 aromatic heterocycles. The summed E-state index contributed by atoms with van der Waals surface area (Å²) in [6.07, 6.45) is 4.36. The Morgan fingerprint density at radius 2 is 1.82 bits per heavy atom. The van der Waals surface area contributed by atoms with Crippen LogP contribution in [0.15, 0.2) is 60.3 Å². The molecule has 2 aliphatic rings. The Morgan fingerprint density at radius 1 is 1.04 bits per heavy atom. The molecule has 0 saturated carbocycles.